The van der Waals surface area contributed by atoms with E-state index in [1.165, 1.54) is 10.9 Å². The fraction of sp³-hybridized carbons (Fsp3) is 0.259. The number of hydrogen-bond donors (Lipinski definition) is 2. The summed E-state index contributed by atoms with van der Waals surface area (Å²) in [6.07, 6.45) is 3.78. The Balaban J connectivity index is 1.30. The standard InChI is InChI=1S/C27H27N3O3/c1-17-4-3-5-19(14-17)24-9-7-21(26(31)29-24)27(32)30-12-10-18(11-13-30)23-16-28-25-8-6-20(33-2)15-22(23)25/h3-9,14-16,18,28H,10-13H2,1-2H3,(H,29,31). The lowest BCUT2D eigenvalue weighted by molar-refractivity contribution is 0.0711. The third kappa shape index (κ3) is 4.04. The van der Waals surface area contributed by atoms with Crippen molar-refractivity contribution >= 4 is 16.8 Å². The molecule has 3 heterocycles. The van der Waals surface area contributed by atoms with Crippen LogP contribution in [0.25, 0.3) is 22.2 Å². The van der Waals surface area contributed by atoms with E-state index >= 15 is 0 Å². The minimum absolute atomic E-state index is 0.196. The van der Waals surface area contributed by atoms with Gasteiger partial charge in [0, 0.05) is 35.9 Å². The van der Waals surface area contributed by atoms with Gasteiger partial charge in [0.05, 0.1) is 7.11 Å². The summed E-state index contributed by atoms with van der Waals surface area (Å²) in [6, 6.07) is 17.4. The molecule has 0 spiro atoms. The Morgan fingerprint density at radius 1 is 1.06 bits per heavy atom. The highest BCUT2D eigenvalue weighted by molar-refractivity contribution is 5.94. The molecular formula is C27H27N3O3. The topological polar surface area (TPSA) is 78.2 Å². The van der Waals surface area contributed by atoms with E-state index in [1.54, 1.807) is 18.1 Å². The van der Waals surface area contributed by atoms with Crippen molar-refractivity contribution in [2.75, 3.05) is 20.2 Å². The molecule has 0 atom stereocenters. The summed E-state index contributed by atoms with van der Waals surface area (Å²) in [5.74, 6) is 0.993. The molecule has 0 aliphatic carbocycles. The van der Waals surface area contributed by atoms with Gasteiger partial charge < -0.3 is 19.6 Å². The van der Waals surface area contributed by atoms with Crippen LogP contribution in [0.1, 0.15) is 40.2 Å². The van der Waals surface area contributed by atoms with Crippen molar-refractivity contribution in [1.82, 2.24) is 14.9 Å². The molecule has 1 aliphatic heterocycles. The number of likely N-dealkylation sites (tertiary alicyclic amines) is 1. The number of pyridine rings is 1. The lowest BCUT2D eigenvalue weighted by Gasteiger charge is -2.32. The molecular weight excluding hydrogens is 414 g/mol. The number of aromatic nitrogens is 2. The van der Waals surface area contributed by atoms with Crippen molar-refractivity contribution < 1.29 is 9.53 Å². The van der Waals surface area contributed by atoms with Crippen LogP contribution in [-0.4, -0.2) is 41.0 Å². The van der Waals surface area contributed by atoms with Crippen molar-refractivity contribution in [3.05, 3.63) is 87.8 Å². The number of hydrogen-bond acceptors (Lipinski definition) is 3. The highest BCUT2D eigenvalue weighted by Crippen LogP contribution is 2.35. The van der Waals surface area contributed by atoms with Crippen LogP contribution in [-0.2, 0) is 0 Å². The first-order valence-corrected chi connectivity index (χ1v) is 11.3. The summed E-state index contributed by atoms with van der Waals surface area (Å²) in [5, 5.41) is 1.17. The molecule has 1 fully saturated rings. The van der Waals surface area contributed by atoms with E-state index in [0.717, 1.165) is 35.2 Å². The highest BCUT2D eigenvalue weighted by atomic mass is 16.5. The highest BCUT2D eigenvalue weighted by Gasteiger charge is 2.27. The summed E-state index contributed by atoms with van der Waals surface area (Å²) in [5.41, 5.74) is 4.97. The van der Waals surface area contributed by atoms with E-state index in [0.29, 0.717) is 24.7 Å². The van der Waals surface area contributed by atoms with E-state index < -0.39 is 0 Å². The first-order chi connectivity index (χ1) is 16.0. The first kappa shape index (κ1) is 21.1. The number of ether oxygens (including phenoxy) is 1. The number of aryl methyl sites for hydroxylation is 1. The molecule has 4 aromatic rings. The van der Waals surface area contributed by atoms with Gasteiger partial charge in [0.25, 0.3) is 11.5 Å². The third-order valence-corrected chi connectivity index (χ3v) is 6.61. The van der Waals surface area contributed by atoms with Gasteiger partial charge in [-0.1, -0.05) is 23.8 Å². The predicted octanol–water partition coefficient (Wildman–Crippen LogP) is 4.86. The number of fused-ring (bicyclic) bond motifs is 1. The van der Waals surface area contributed by atoms with Crippen LogP contribution in [0.5, 0.6) is 5.75 Å². The molecule has 1 saturated heterocycles. The minimum atomic E-state index is -0.343. The van der Waals surface area contributed by atoms with Crippen molar-refractivity contribution in [3.63, 3.8) is 0 Å². The molecule has 2 aromatic carbocycles. The zero-order chi connectivity index (χ0) is 22.9. The van der Waals surface area contributed by atoms with Gasteiger partial charge in [-0.15, -0.1) is 0 Å². The minimum Gasteiger partial charge on any atom is -0.497 e. The molecule has 6 heteroatoms. The number of H-pyrrole nitrogens is 2. The maximum Gasteiger partial charge on any atom is 0.261 e. The molecule has 1 amide bonds. The molecule has 2 aromatic heterocycles. The molecule has 1 aliphatic rings. The van der Waals surface area contributed by atoms with Gasteiger partial charge in [-0.3, -0.25) is 9.59 Å². The average molecular weight is 442 g/mol. The van der Waals surface area contributed by atoms with Gasteiger partial charge >= 0.3 is 0 Å². The zero-order valence-electron chi connectivity index (χ0n) is 18.9. The van der Waals surface area contributed by atoms with Gasteiger partial charge in [0.1, 0.15) is 11.3 Å². The number of nitrogens with one attached hydrogen (secondary N) is 2. The zero-order valence-corrected chi connectivity index (χ0v) is 18.9. The van der Waals surface area contributed by atoms with Crippen molar-refractivity contribution in [1.29, 1.82) is 0 Å². The first-order valence-electron chi connectivity index (χ1n) is 11.3. The quantitative estimate of drug-likeness (QED) is 0.475. The van der Waals surface area contributed by atoms with Gasteiger partial charge in [-0.25, -0.2) is 0 Å². The van der Waals surface area contributed by atoms with Crippen LogP contribution >= 0.6 is 0 Å². The van der Waals surface area contributed by atoms with Crippen LogP contribution in [0.4, 0.5) is 0 Å². The van der Waals surface area contributed by atoms with Gasteiger partial charge in [-0.2, -0.15) is 0 Å². The van der Waals surface area contributed by atoms with E-state index in [4.69, 9.17) is 4.74 Å². The van der Waals surface area contributed by atoms with Crippen LogP contribution < -0.4 is 10.3 Å². The van der Waals surface area contributed by atoms with Crippen LogP contribution in [0.3, 0.4) is 0 Å². The van der Waals surface area contributed by atoms with E-state index in [9.17, 15) is 9.59 Å². The van der Waals surface area contributed by atoms with Crippen LogP contribution in [0.2, 0.25) is 0 Å². The lowest BCUT2D eigenvalue weighted by Crippen LogP contribution is -2.40. The number of carbonyl (C=O) groups is 1. The lowest BCUT2D eigenvalue weighted by atomic mass is 9.89. The Hall–Kier alpha value is -3.80. The third-order valence-electron chi connectivity index (χ3n) is 6.61. The predicted molar refractivity (Wildman–Crippen MR) is 130 cm³/mol. The number of nitrogens with zero attached hydrogens (tertiary/aromatic N) is 1. The monoisotopic (exact) mass is 441 g/mol. The van der Waals surface area contributed by atoms with Gasteiger partial charge in [0.2, 0.25) is 0 Å². The average Bonchev–Trinajstić information content (AvgIpc) is 3.27. The second-order valence-electron chi connectivity index (χ2n) is 8.71. The number of amides is 1. The number of carbonyl (C=O) groups excluding carboxylic acids is 1. The number of methoxy groups -OCH3 is 1. The van der Waals surface area contributed by atoms with Gasteiger partial charge in [0.15, 0.2) is 0 Å². The Morgan fingerprint density at radius 3 is 2.61 bits per heavy atom. The van der Waals surface area contributed by atoms with Crippen LogP contribution in [0.15, 0.2) is 65.6 Å². The van der Waals surface area contributed by atoms with Crippen molar-refractivity contribution in [2.45, 2.75) is 25.7 Å². The molecule has 6 nitrogen and oxygen atoms in total. The fourth-order valence-electron chi connectivity index (χ4n) is 4.77. The van der Waals surface area contributed by atoms with Crippen LogP contribution in [0, 0.1) is 6.92 Å². The second-order valence-corrected chi connectivity index (χ2v) is 8.71. The normalized spacial score (nSPS) is 14.5. The van der Waals surface area contributed by atoms with Crippen molar-refractivity contribution in [3.8, 4) is 17.0 Å². The van der Waals surface area contributed by atoms with E-state index in [2.05, 4.69) is 22.2 Å². The maximum absolute atomic E-state index is 13.1. The number of benzene rings is 2. The molecule has 0 radical (unpaired) electrons. The number of aromatic amines is 2. The second kappa shape index (κ2) is 8.62. The van der Waals surface area contributed by atoms with Gasteiger partial charge in [-0.05, 0) is 73.2 Å². The SMILES string of the molecule is COc1ccc2[nH]cc(C3CCN(C(=O)c4ccc(-c5cccc(C)c5)[nH]c4=O)CC3)c2c1. The number of rotatable bonds is 4. The van der Waals surface area contributed by atoms with E-state index in [1.807, 2.05) is 49.4 Å². The summed E-state index contributed by atoms with van der Waals surface area (Å²) in [4.78, 5) is 33.8. The Bertz CT molecular complexity index is 1380. The Labute approximate surface area is 192 Å². The fourth-order valence-corrected chi connectivity index (χ4v) is 4.77. The molecule has 2 N–H and O–H groups in total. The maximum atomic E-state index is 13.1. The molecule has 5 rings (SSSR count). The largest absolute Gasteiger partial charge is 0.497 e. The molecule has 0 bridgehead atoms. The Morgan fingerprint density at radius 2 is 1.88 bits per heavy atom. The summed E-state index contributed by atoms with van der Waals surface area (Å²) in [7, 11) is 1.67. The summed E-state index contributed by atoms with van der Waals surface area (Å²) >= 11 is 0. The molecule has 0 saturated carbocycles. The van der Waals surface area contributed by atoms with Crippen molar-refractivity contribution in [2.24, 2.45) is 0 Å². The van der Waals surface area contributed by atoms with E-state index in [-0.39, 0.29) is 17.0 Å². The smallest absolute Gasteiger partial charge is 0.261 e. The molecule has 33 heavy (non-hydrogen) atoms. The summed E-state index contributed by atoms with van der Waals surface area (Å²) in [6.45, 7) is 3.26. The Kier molecular flexibility index (Phi) is 5.50. The summed E-state index contributed by atoms with van der Waals surface area (Å²) < 4.78 is 5.39. The molecule has 168 valence electrons. The number of piperidine rings is 1. The molecule has 0 unspecified atom stereocenters.